The lowest BCUT2D eigenvalue weighted by molar-refractivity contribution is 0.461. The minimum absolute atomic E-state index is 0.0424. The van der Waals surface area contributed by atoms with Gasteiger partial charge >= 0.3 is 10.1 Å². The van der Waals surface area contributed by atoms with Crippen molar-refractivity contribution in [2.75, 3.05) is 0 Å². The van der Waals surface area contributed by atoms with E-state index in [9.17, 15) is 21.2 Å². The number of hydrogen-bond acceptors (Lipinski definition) is 5. The number of hydrogen-bond donors (Lipinski definition) is 1. The van der Waals surface area contributed by atoms with E-state index in [1.54, 1.807) is 0 Å². The van der Waals surface area contributed by atoms with E-state index in [1.165, 1.54) is 30.3 Å². The minimum atomic E-state index is -4.26. The largest absolute Gasteiger partial charge is 0.376 e. The first-order valence-corrected chi connectivity index (χ1v) is 9.98. The normalized spacial score (nSPS) is 15.2. The fourth-order valence-corrected chi connectivity index (χ4v) is 4.19. The van der Waals surface area contributed by atoms with Gasteiger partial charge in [0.2, 0.25) is 10.0 Å². The Hall–Kier alpha value is -1.97. The van der Waals surface area contributed by atoms with E-state index < -0.39 is 31.7 Å². The molecule has 0 spiro atoms. The summed E-state index contributed by atoms with van der Waals surface area (Å²) in [6, 6.07) is 9.60. The van der Waals surface area contributed by atoms with Crippen LogP contribution in [0.25, 0.3) is 0 Å². The molecular formula is C15H14FNO5S2. The Morgan fingerprint density at radius 3 is 2.08 bits per heavy atom. The van der Waals surface area contributed by atoms with Crippen LogP contribution in [0.2, 0.25) is 0 Å². The maximum absolute atomic E-state index is 13.5. The van der Waals surface area contributed by atoms with Crippen molar-refractivity contribution in [1.29, 1.82) is 0 Å². The van der Waals surface area contributed by atoms with E-state index in [-0.39, 0.29) is 15.8 Å². The van der Waals surface area contributed by atoms with Gasteiger partial charge in [0.1, 0.15) is 4.90 Å². The first kappa shape index (κ1) is 16.9. The maximum atomic E-state index is 13.5. The molecule has 0 heterocycles. The van der Waals surface area contributed by atoms with E-state index in [1.807, 2.05) is 0 Å². The van der Waals surface area contributed by atoms with Crippen LogP contribution < -0.4 is 8.91 Å². The van der Waals surface area contributed by atoms with E-state index in [0.717, 1.165) is 31.0 Å². The van der Waals surface area contributed by atoms with Crippen LogP contribution >= 0.6 is 0 Å². The van der Waals surface area contributed by atoms with Gasteiger partial charge in [0, 0.05) is 6.04 Å². The lowest BCUT2D eigenvalue weighted by Crippen LogP contribution is -2.25. The zero-order valence-corrected chi connectivity index (χ0v) is 14.0. The lowest BCUT2D eigenvalue weighted by Gasteiger charge is -2.09. The van der Waals surface area contributed by atoms with Crippen molar-refractivity contribution in [3.05, 3.63) is 54.3 Å². The van der Waals surface area contributed by atoms with Crippen LogP contribution in [0.5, 0.6) is 5.75 Å². The molecule has 0 aliphatic heterocycles. The second-order valence-electron chi connectivity index (χ2n) is 5.33. The van der Waals surface area contributed by atoms with Crippen LogP contribution in [0.1, 0.15) is 12.8 Å². The summed E-state index contributed by atoms with van der Waals surface area (Å²) < 4.78 is 69.1. The highest BCUT2D eigenvalue weighted by Gasteiger charge is 2.28. The van der Waals surface area contributed by atoms with Crippen molar-refractivity contribution in [2.45, 2.75) is 28.7 Å². The molecule has 0 saturated heterocycles. The molecule has 1 N–H and O–H groups in total. The molecule has 1 aliphatic carbocycles. The second kappa shape index (κ2) is 6.15. The third-order valence-electron chi connectivity index (χ3n) is 3.36. The zero-order chi connectivity index (χ0) is 17.4. The van der Waals surface area contributed by atoms with Gasteiger partial charge in [0.15, 0.2) is 11.6 Å². The molecule has 2 aromatic carbocycles. The molecule has 3 rings (SSSR count). The van der Waals surface area contributed by atoms with Gasteiger partial charge in [-0.25, -0.2) is 17.5 Å². The van der Waals surface area contributed by atoms with Gasteiger partial charge in [-0.3, -0.25) is 0 Å². The summed E-state index contributed by atoms with van der Waals surface area (Å²) in [5.41, 5.74) is 0. The maximum Gasteiger partial charge on any atom is 0.339 e. The Morgan fingerprint density at radius 1 is 0.917 bits per heavy atom. The van der Waals surface area contributed by atoms with Gasteiger partial charge in [0.25, 0.3) is 0 Å². The third-order valence-corrected chi connectivity index (χ3v) is 6.14. The highest BCUT2D eigenvalue weighted by atomic mass is 32.2. The smallest absolute Gasteiger partial charge is 0.339 e. The summed E-state index contributed by atoms with van der Waals surface area (Å²) in [5.74, 6) is -1.24. The van der Waals surface area contributed by atoms with Gasteiger partial charge in [-0.2, -0.15) is 8.42 Å². The second-order valence-corrected chi connectivity index (χ2v) is 8.60. The Balaban J connectivity index is 1.83. The first-order chi connectivity index (χ1) is 11.3. The highest BCUT2D eigenvalue weighted by Crippen LogP contribution is 2.24. The van der Waals surface area contributed by atoms with Gasteiger partial charge in [-0.15, -0.1) is 0 Å². The van der Waals surface area contributed by atoms with E-state index in [0.29, 0.717) is 0 Å². The molecule has 6 nitrogen and oxygen atoms in total. The number of nitrogens with one attached hydrogen (secondary N) is 1. The van der Waals surface area contributed by atoms with Gasteiger partial charge in [0.05, 0.1) is 4.90 Å². The Kier molecular flexibility index (Phi) is 4.33. The predicted octanol–water partition coefficient (Wildman–Crippen LogP) is 2.03. The molecule has 1 fully saturated rings. The molecule has 2 aromatic rings. The summed E-state index contributed by atoms with van der Waals surface area (Å²) in [4.78, 5) is -0.310. The van der Waals surface area contributed by atoms with Crippen LogP contribution in [0.4, 0.5) is 4.39 Å². The van der Waals surface area contributed by atoms with E-state index in [2.05, 4.69) is 4.72 Å². The molecule has 0 bridgehead atoms. The molecule has 1 saturated carbocycles. The van der Waals surface area contributed by atoms with Crippen LogP contribution in [0.15, 0.2) is 58.3 Å². The van der Waals surface area contributed by atoms with Crippen molar-refractivity contribution in [2.24, 2.45) is 0 Å². The number of benzene rings is 2. The van der Waals surface area contributed by atoms with Crippen LogP contribution in [0, 0.1) is 5.82 Å². The number of sulfonamides is 1. The zero-order valence-electron chi connectivity index (χ0n) is 12.3. The molecule has 0 atom stereocenters. The summed E-state index contributed by atoms with van der Waals surface area (Å²) in [5, 5.41) is 0. The van der Waals surface area contributed by atoms with Crippen molar-refractivity contribution >= 4 is 20.1 Å². The molecule has 128 valence electrons. The van der Waals surface area contributed by atoms with Crippen LogP contribution in [-0.2, 0) is 20.1 Å². The molecule has 0 aromatic heterocycles. The molecule has 0 unspecified atom stereocenters. The SMILES string of the molecule is O=S(=O)(NC1CC1)c1ccc(S(=O)(=O)Oc2ccccc2F)cc1. The number of halogens is 1. The number of rotatable bonds is 6. The first-order valence-electron chi connectivity index (χ1n) is 7.09. The standard InChI is InChI=1S/C15H14FNO5S2/c16-14-3-1-2-4-15(14)22-24(20,21)13-9-7-12(8-10-13)23(18,19)17-11-5-6-11/h1-4,7-11,17H,5-6H2. The fraction of sp³-hybridized carbons (Fsp3) is 0.200. The highest BCUT2D eigenvalue weighted by molar-refractivity contribution is 7.89. The molecule has 0 amide bonds. The minimum Gasteiger partial charge on any atom is -0.376 e. The molecule has 9 heteroatoms. The summed E-state index contributed by atoms with van der Waals surface area (Å²) in [6.45, 7) is 0. The monoisotopic (exact) mass is 371 g/mol. The van der Waals surface area contributed by atoms with Crippen LogP contribution in [-0.4, -0.2) is 22.9 Å². The van der Waals surface area contributed by atoms with Gasteiger partial charge in [-0.05, 0) is 49.2 Å². The van der Waals surface area contributed by atoms with E-state index >= 15 is 0 Å². The average Bonchev–Trinajstić information content (AvgIpc) is 3.33. The topological polar surface area (TPSA) is 89.5 Å². The summed E-state index contributed by atoms with van der Waals surface area (Å²) in [6.07, 6.45) is 1.59. The summed E-state index contributed by atoms with van der Waals surface area (Å²) >= 11 is 0. The van der Waals surface area contributed by atoms with E-state index in [4.69, 9.17) is 4.18 Å². The quantitative estimate of drug-likeness (QED) is 0.785. The van der Waals surface area contributed by atoms with Crippen molar-refractivity contribution in [1.82, 2.24) is 4.72 Å². The number of para-hydroxylation sites is 1. The molecule has 0 radical (unpaired) electrons. The Morgan fingerprint density at radius 2 is 1.50 bits per heavy atom. The average molecular weight is 371 g/mol. The van der Waals surface area contributed by atoms with Crippen molar-refractivity contribution in [3.63, 3.8) is 0 Å². The van der Waals surface area contributed by atoms with Crippen molar-refractivity contribution in [3.8, 4) is 5.75 Å². The Labute approximate surface area is 139 Å². The van der Waals surface area contributed by atoms with Crippen LogP contribution in [0.3, 0.4) is 0 Å². The van der Waals surface area contributed by atoms with Gasteiger partial charge in [-0.1, -0.05) is 12.1 Å². The fourth-order valence-electron chi connectivity index (χ4n) is 1.95. The van der Waals surface area contributed by atoms with Gasteiger partial charge < -0.3 is 4.18 Å². The molecular weight excluding hydrogens is 357 g/mol. The van der Waals surface area contributed by atoms with Crippen molar-refractivity contribution < 1.29 is 25.4 Å². The Bertz CT molecular complexity index is 952. The molecule has 24 heavy (non-hydrogen) atoms. The third kappa shape index (κ3) is 3.74. The lowest BCUT2D eigenvalue weighted by atomic mass is 10.3. The predicted molar refractivity (Wildman–Crippen MR) is 84.0 cm³/mol. The molecule has 1 aliphatic rings. The summed E-state index contributed by atoms with van der Waals surface area (Å²) in [7, 11) is -7.93.